The predicted molar refractivity (Wildman–Crippen MR) is 76.3 cm³/mol. The first-order valence-corrected chi connectivity index (χ1v) is 6.89. The summed E-state index contributed by atoms with van der Waals surface area (Å²) in [5.74, 6) is 2.54. The van der Waals surface area contributed by atoms with Gasteiger partial charge in [0.2, 0.25) is 0 Å². The van der Waals surface area contributed by atoms with Gasteiger partial charge < -0.3 is 9.73 Å². The summed E-state index contributed by atoms with van der Waals surface area (Å²) in [4.78, 5) is 0. The van der Waals surface area contributed by atoms with Gasteiger partial charge in [0.1, 0.15) is 11.5 Å². The van der Waals surface area contributed by atoms with Crippen LogP contribution < -0.4 is 5.32 Å². The number of hydrogen-bond donors (Lipinski definition) is 1. The zero-order chi connectivity index (χ0) is 13.8. The van der Waals surface area contributed by atoms with Crippen molar-refractivity contribution in [3.8, 4) is 0 Å². The number of nitrogens with zero attached hydrogens (tertiary/aromatic N) is 2. The van der Waals surface area contributed by atoms with Crippen LogP contribution >= 0.6 is 11.6 Å². The lowest BCUT2D eigenvalue weighted by atomic mass is 10.2. The van der Waals surface area contributed by atoms with E-state index in [1.165, 1.54) is 5.56 Å². The Morgan fingerprint density at radius 2 is 2.26 bits per heavy atom. The molecule has 0 fully saturated rings. The Balaban J connectivity index is 1.96. The topological polar surface area (TPSA) is 43.0 Å². The monoisotopic (exact) mass is 281 g/mol. The van der Waals surface area contributed by atoms with Crippen LogP contribution in [0.15, 0.2) is 22.9 Å². The highest BCUT2D eigenvalue weighted by molar-refractivity contribution is 6.30. The maximum Gasteiger partial charge on any atom is 0.126 e. The first-order chi connectivity index (χ1) is 9.04. The van der Waals surface area contributed by atoms with E-state index in [0.717, 1.165) is 24.6 Å². The van der Waals surface area contributed by atoms with Crippen molar-refractivity contribution in [2.24, 2.45) is 5.92 Å². The maximum absolute atomic E-state index is 5.84. The summed E-state index contributed by atoms with van der Waals surface area (Å²) in [7, 11) is 0. The van der Waals surface area contributed by atoms with E-state index in [0.29, 0.717) is 17.5 Å². The van der Waals surface area contributed by atoms with Gasteiger partial charge in [0, 0.05) is 6.20 Å². The SMILES string of the molecule is Cc1cc(Cn2cc(Cl)cn2)oc1CNCC(C)C. The third kappa shape index (κ3) is 4.11. The Bertz CT molecular complexity index is 531. The van der Waals surface area contributed by atoms with E-state index in [2.05, 4.69) is 37.3 Å². The second-order valence-electron chi connectivity index (χ2n) is 5.20. The molecule has 0 aliphatic carbocycles. The Morgan fingerprint density at radius 3 is 2.89 bits per heavy atom. The van der Waals surface area contributed by atoms with Crippen LogP contribution in [0.25, 0.3) is 0 Å². The van der Waals surface area contributed by atoms with E-state index >= 15 is 0 Å². The number of aromatic nitrogens is 2. The number of hydrogen-bond acceptors (Lipinski definition) is 3. The fourth-order valence-electron chi connectivity index (χ4n) is 1.90. The van der Waals surface area contributed by atoms with Crippen LogP contribution in [0.3, 0.4) is 0 Å². The van der Waals surface area contributed by atoms with Crippen LogP contribution in [0.5, 0.6) is 0 Å². The molecule has 104 valence electrons. The minimum atomic E-state index is 0.609. The highest BCUT2D eigenvalue weighted by Gasteiger charge is 2.08. The number of rotatable bonds is 6. The van der Waals surface area contributed by atoms with Crippen molar-refractivity contribution in [1.29, 1.82) is 0 Å². The molecule has 0 aliphatic heterocycles. The van der Waals surface area contributed by atoms with Crippen molar-refractivity contribution < 1.29 is 4.42 Å². The molecule has 0 aromatic carbocycles. The van der Waals surface area contributed by atoms with Gasteiger partial charge in [-0.25, -0.2) is 0 Å². The van der Waals surface area contributed by atoms with Crippen LogP contribution in [0.4, 0.5) is 0 Å². The molecule has 19 heavy (non-hydrogen) atoms. The van der Waals surface area contributed by atoms with Gasteiger partial charge in [-0.15, -0.1) is 0 Å². The lowest BCUT2D eigenvalue weighted by molar-refractivity contribution is 0.421. The molecule has 0 atom stereocenters. The summed E-state index contributed by atoms with van der Waals surface area (Å²) in [5, 5.41) is 8.17. The largest absolute Gasteiger partial charge is 0.462 e. The summed E-state index contributed by atoms with van der Waals surface area (Å²) in [5.41, 5.74) is 1.17. The second kappa shape index (κ2) is 6.26. The molecule has 5 heteroatoms. The maximum atomic E-state index is 5.84. The van der Waals surface area contributed by atoms with Gasteiger partial charge in [0.15, 0.2) is 0 Å². The molecule has 0 amide bonds. The van der Waals surface area contributed by atoms with Crippen LogP contribution in [0, 0.1) is 12.8 Å². The lowest BCUT2D eigenvalue weighted by Crippen LogP contribution is -2.19. The molecule has 0 aliphatic rings. The zero-order valence-electron chi connectivity index (χ0n) is 11.6. The van der Waals surface area contributed by atoms with E-state index in [1.807, 2.05) is 0 Å². The van der Waals surface area contributed by atoms with Crippen LogP contribution in [0.2, 0.25) is 5.02 Å². The second-order valence-corrected chi connectivity index (χ2v) is 5.64. The first kappa shape index (κ1) is 14.2. The standard InChI is InChI=1S/C14H20ClN3O/c1-10(2)5-16-7-14-11(3)4-13(19-14)9-18-8-12(15)6-17-18/h4,6,8,10,16H,5,7,9H2,1-3H3. The molecule has 4 nitrogen and oxygen atoms in total. The van der Waals surface area contributed by atoms with E-state index in [9.17, 15) is 0 Å². The van der Waals surface area contributed by atoms with Gasteiger partial charge in [0.05, 0.1) is 24.3 Å². The Morgan fingerprint density at radius 1 is 1.47 bits per heavy atom. The van der Waals surface area contributed by atoms with Gasteiger partial charge in [-0.1, -0.05) is 25.4 Å². The summed E-state index contributed by atoms with van der Waals surface area (Å²) < 4.78 is 7.61. The van der Waals surface area contributed by atoms with Crippen molar-refractivity contribution in [2.75, 3.05) is 6.54 Å². The van der Waals surface area contributed by atoms with Crippen LogP contribution in [0.1, 0.15) is 30.9 Å². The van der Waals surface area contributed by atoms with Crippen molar-refractivity contribution in [3.63, 3.8) is 0 Å². The minimum Gasteiger partial charge on any atom is -0.462 e. The summed E-state index contributed by atoms with van der Waals surface area (Å²) in [6.45, 7) is 8.81. The molecule has 0 unspecified atom stereocenters. The molecule has 0 spiro atoms. The quantitative estimate of drug-likeness (QED) is 0.884. The van der Waals surface area contributed by atoms with Gasteiger partial charge in [-0.05, 0) is 31.0 Å². The Kier molecular flexibility index (Phi) is 4.66. The van der Waals surface area contributed by atoms with E-state index in [1.54, 1.807) is 17.1 Å². The molecule has 2 heterocycles. The van der Waals surface area contributed by atoms with Crippen LogP contribution in [-0.2, 0) is 13.1 Å². The van der Waals surface area contributed by atoms with Gasteiger partial charge in [-0.3, -0.25) is 4.68 Å². The lowest BCUT2D eigenvalue weighted by Gasteiger charge is -2.05. The summed E-state index contributed by atoms with van der Waals surface area (Å²) in [6, 6.07) is 2.06. The van der Waals surface area contributed by atoms with Crippen molar-refractivity contribution in [1.82, 2.24) is 15.1 Å². The van der Waals surface area contributed by atoms with Gasteiger partial charge in [0.25, 0.3) is 0 Å². The number of nitrogens with one attached hydrogen (secondary N) is 1. The zero-order valence-corrected chi connectivity index (χ0v) is 12.4. The number of furan rings is 1. The van der Waals surface area contributed by atoms with E-state index < -0.39 is 0 Å². The molecule has 0 radical (unpaired) electrons. The van der Waals surface area contributed by atoms with Crippen molar-refractivity contribution >= 4 is 11.6 Å². The predicted octanol–water partition coefficient (Wildman–Crippen LogP) is 3.23. The molecule has 0 saturated carbocycles. The van der Waals surface area contributed by atoms with Crippen molar-refractivity contribution in [2.45, 2.75) is 33.9 Å². The Labute approximate surface area is 118 Å². The highest BCUT2D eigenvalue weighted by atomic mass is 35.5. The summed E-state index contributed by atoms with van der Waals surface area (Å²) in [6.07, 6.45) is 3.42. The Hall–Kier alpha value is -1.26. The third-order valence-corrected chi connectivity index (χ3v) is 3.02. The number of aryl methyl sites for hydroxylation is 1. The highest BCUT2D eigenvalue weighted by Crippen LogP contribution is 2.16. The van der Waals surface area contributed by atoms with Gasteiger partial charge >= 0.3 is 0 Å². The normalized spacial score (nSPS) is 11.4. The average Bonchev–Trinajstić information content (AvgIpc) is 2.86. The smallest absolute Gasteiger partial charge is 0.126 e. The third-order valence-electron chi connectivity index (χ3n) is 2.83. The molecular formula is C14H20ClN3O. The molecule has 2 aromatic heterocycles. The molecule has 0 saturated heterocycles. The average molecular weight is 282 g/mol. The first-order valence-electron chi connectivity index (χ1n) is 6.51. The van der Waals surface area contributed by atoms with Crippen molar-refractivity contribution in [3.05, 3.63) is 40.6 Å². The fraction of sp³-hybridized carbons (Fsp3) is 0.500. The van der Waals surface area contributed by atoms with Crippen LogP contribution in [-0.4, -0.2) is 16.3 Å². The van der Waals surface area contributed by atoms with E-state index in [4.69, 9.17) is 16.0 Å². The van der Waals surface area contributed by atoms with Gasteiger partial charge in [-0.2, -0.15) is 5.10 Å². The fourth-order valence-corrected chi connectivity index (χ4v) is 2.06. The van der Waals surface area contributed by atoms with E-state index in [-0.39, 0.29) is 0 Å². The molecule has 2 aromatic rings. The molecule has 0 bridgehead atoms. The molecule has 2 rings (SSSR count). The number of halogens is 1. The summed E-state index contributed by atoms with van der Waals surface area (Å²) >= 11 is 5.84. The molecule has 1 N–H and O–H groups in total. The molecular weight excluding hydrogens is 262 g/mol. The minimum absolute atomic E-state index is 0.609.